The number of hydrogen-bond donors (Lipinski definition) is 2. The maximum atomic E-state index is 11.5. The first-order valence-electron chi connectivity index (χ1n) is 4.85. The van der Waals surface area contributed by atoms with Crippen LogP contribution in [-0.4, -0.2) is 11.9 Å². The fourth-order valence-electron chi connectivity index (χ4n) is 0.953. The second-order valence-electron chi connectivity index (χ2n) is 3.27. The van der Waals surface area contributed by atoms with Crippen molar-refractivity contribution in [1.82, 2.24) is 10.9 Å². The molecule has 1 amide bonds. The summed E-state index contributed by atoms with van der Waals surface area (Å²) in [5.74, 6) is -0.0918. The molecule has 3 heteroatoms. The van der Waals surface area contributed by atoms with Crippen molar-refractivity contribution in [3.63, 3.8) is 0 Å². The van der Waals surface area contributed by atoms with Gasteiger partial charge in [-0.25, -0.2) is 5.43 Å². The van der Waals surface area contributed by atoms with Gasteiger partial charge in [-0.15, -0.1) is 0 Å². The largest absolute Gasteiger partial charge is 0.287 e. The molecule has 0 aliphatic heterocycles. The van der Waals surface area contributed by atoms with Crippen molar-refractivity contribution in [3.8, 4) is 0 Å². The summed E-state index contributed by atoms with van der Waals surface area (Å²) >= 11 is 0. The summed E-state index contributed by atoms with van der Waals surface area (Å²) in [6, 6.07) is 9.44. The highest BCUT2D eigenvalue weighted by Crippen LogP contribution is 1.97. The highest BCUT2D eigenvalue weighted by molar-refractivity contribution is 5.93. The Labute approximate surface area is 84.5 Å². The molecule has 0 saturated carbocycles. The Balaban J connectivity index is 2.44. The van der Waals surface area contributed by atoms with Gasteiger partial charge in [0, 0.05) is 11.6 Å². The molecule has 0 aliphatic carbocycles. The van der Waals surface area contributed by atoms with E-state index in [0.717, 1.165) is 6.42 Å². The average molecular weight is 192 g/mol. The third-order valence-electron chi connectivity index (χ3n) is 2.08. The molecule has 0 heterocycles. The van der Waals surface area contributed by atoms with Gasteiger partial charge in [-0.05, 0) is 25.5 Å². The second kappa shape index (κ2) is 5.40. The molecule has 2 N–H and O–H groups in total. The summed E-state index contributed by atoms with van der Waals surface area (Å²) in [5, 5.41) is 0. The van der Waals surface area contributed by atoms with Crippen molar-refractivity contribution in [1.29, 1.82) is 0 Å². The molecule has 0 saturated heterocycles. The fraction of sp³-hybridized carbons (Fsp3) is 0.364. The minimum Gasteiger partial charge on any atom is -0.287 e. The summed E-state index contributed by atoms with van der Waals surface area (Å²) < 4.78 is 0. The minimum absolute atomic E-state index is 0.0918. The smallest absolute Gasteiger partial charge is 0.265 e. The van der Waals surface area contributed by atoms with Gasteiger partial charge in [0.25, 0.3) is 5.91 Å². The molecular formula is C11H16N2O. The van der Waals surface area contributed by atoms with Crippen molar-refractivity contribution in [2.45, 2.75) is 26.3 Å². The van der Waals surface area contributed by atoms with Crippen LogP contribution in [0.25, 0.3) is 0 Å². The van der Waals surface area contributed by atoms with Gasteiger partial charge in [-0.3, -0.25) is 10.2 Å². The molecule has 1 aromatic rings. The van der Waals surface area contributed by atoms with Gasteiger partial charge < -0.3 is 0 Å². The molecule has 1 unspecified atom stereocenters. The Morgan fingerprint density at radius 1 is 1.36 bits per heavy atom. The van der Waals surface area contributed by atoms with Crippen LogP contribution >= 0.6 is 0 Å². The summed E-state index contributed by atoms with van der Waals surface area (Å²) in [6.45, 7) is 4.08. The standard InChI is InChI=1S/C11H16N2O/c1-3-9(2)12-13-11(14)10-7-5-4-6-8-10/h4-9,12H,3H2,1-2H3,(H,13,14). The molecule has 0 bridgehead atoms. The van der Waals surface area contributed by atoms with Gasteiger partial charge in [0.05, 0.1) is 0 Å². The van der Waals surface area contributed by atoms with Crippen LogP contribution in [0.4, 0.5) is 0 Å². The van der Waals surface area contributed by atoms with Gasteiger partial charge in [-0.2, -0.15) is 0 Å². The zero-order valence-electron chi connectivity index (χ0n) is 8.58. The van der Waals surface area contributed by atoms with E-state index in [0.29, 0.717) is 11.6 Å². The third kappa shape index (κ3) is 3.18. The zero-order chi connectivity index (χ0) is 10.4. The molecular weight excluding hydrogens is 176 g/mol. The molecule has 0 radical (unpaired) electrons. The predicted octanol–water partition coefficient (Wildman–Crippen LogP) is 1.72. The number of hydrazine groups is 1. The molecule has 1 atom stereocenters. The van der Waals surface area contributed by atoms with Crippen LogP contribution in [-0.2, 0) is 0 Å². The lowest BCUT2D eigenvalue weighted by Crippen LogP contribution is -2.42. The first-order valence-corrected chi connectivity index (χ1v) is 4.85. The van der Waals surface area contributed by atoms with E-state index in [1.54, 1.807) is 12.1 Å². The molecule has 0 spiro atoms. The van der Waals surface area contributed by atoms with Gasteiger partial charge in [0.15, 0.2) is 0 Å². The van der Waals surface area contributed by atoms with E-state index in [9.17, 15) is 4.79 Å². The topological polar surface area (TPSA) is 41.1 Å². The molecule has 0 fully saturated rings. The Hall–Kier alpha value is -1.35. The van der Waals surface area contributed by atoms with E-state index in [1.165, 1.54) is 0 Å². The summed E-state index contributed by atoms with van der Waals surface area (Å²) in [5.41, 5.74) is 6.26. The Morgan fingerprint density at radius 2 is 2.00 bits per heavy atom. The highest BCUT2D eigenvalue weighted by Gasteiger charge is 2.04. The Bertz CT molecular complexity index is 285. The van der Waals surface area contributed by atoms with Crippen LogP contribution in [0.3, 0.4) is 0 Å². The van der Waals surface area contributed by atoms with Crippen molar-refractivity contribution in [2.24, 2.45) is 0 Å². The van der Waals surface area contributed by atoms with E-state index in [2.05, 4.69) is 17.8 Å². The first kappa shape index (κ1) is 10.7. The summed E-state index contributed by atoms with van der Waals surface area (Å²) in [6.07, 6.45) is 0.981. The van der Waals surface area contributed by atoms with Crippen LogP contribution in [0, 0.1) is 0 Å². The first-order chi connectivity index (χ1) is 6.74. The molecule has 3 nitrogen and oxygen atoms in total. The van der Waals surface area contributed by atoms with Crippen molar-refractivity contribution in [2.75, 3.05) is 0 Å². The van der Waals surface area contributed by atoms with Crippen LogP contribution < -0.4 is 10.9 Å². The number of amides is 1. The minimum atomic E-state index is -0.0918. The van der Waals surface area contributed by atoms with E-state index < -0.39 is 0 Å². The van der Waals surface area contributed by atoms with Crippen molar-refractivity contribution >= 4 is 5.91 Å². The predicted molar refractivity (Wildman–Crippen MR) is 56.8 cm³/mol. The van der Waals surface area contributed by atoms with E-state index in [4.69, 9.17) is 0 Å². The number of carbonyl (C=O) groups excluding carboxylic acids is 1. The Morgan fingerprint density at radius 3 is 2.57 bits per heavy atom. The second-order valence-corrected chi connectivity index (χ2v) is 3.27. The van der Waals surface area contributed by atoms with Gasteiger partial charge >= 0.3 is 0 Å². The fourth-order valence-corrected chi connectivity index (χ4v) is 0.953. The maximum Gasteiger partial charge on any atom is 0.265 e. The van der Waals surface area contributed by atoms with Crippen LogP contribution in [0.2, 0.25) is 0 Å². The summed E-state index contributed by atoms with van der Waals surface area (Å²) in [7, 11) is 0. The molecule has 0 aromatic heterocycles. The monoisotopic (exact) mass is 192 g/mol. The lowest BCUT2D eigenvalue weighted by Gasteiger charge is -2.12. The van der Waals surface area contributed by atoms with E-state index in [1.807, 2.05) is 25.1 Å². The number of rotatable bonds is 4. The maximum absolute atomic E-state index is 11.5. The van der Waals surface area contributed by atoms with E-state index in [-0.39, 0.29) is 5.91 Å². The number of carbonyl (C=O) groups is 1. The SMILES string of the molecule is CCC(C)NNC(=O)c1ccccc1. The lowest BCUT2D eigenvalue weighted by atomic mass is 10.2. The molecule has 1 rings (SSSR count). The highest BCUT2D eigenvalue weighted by atomic mass is 16.2. The normalized spacial score (nSPS) is 12.1. The molecule has 14 heavy (non-hydrogen) atoms. The van der Waals surface area contributed by atoms with Crippen molar-refractivity contribution in [3.05, 3.63) is 35.9 Å². The van der Waals surface area contributed by atoms with Crippen molar-refractivity contribution < 1.29 is 4.79 Å². The number of nitrogens with one attached hydrogen (secondary N) is 2. The average Bonchev–Trinajstić information content (AvgIpc) is 2.26. The van der Waals surface area contributed by atoms with Gasteiger partial charge in [-0.1, -0.05) is 25.1 Å². The third-order valence-corrected chi connectivity index (χ3v) is 2.08. The number of benzene rings is 1. The van der Waals surface area contributed by atoms with Crippen LogP contribution in [0.15, 0.2) is 30.3 Å². The Kier molecular flexibility index (Phi) is 4.13. The quantitative estimate of drug-likeness (QED) is 0.713. The van der Waals surface area contributed by atoms with Gasteiger partial charge in [0.1, 0.15) is 0 Å². The van der Waals surface area contributed by atoms with E-state index >= 15 is 0 Å². The van der Waals surface area contributed by atoms with Crippen LogP contribution in [0.1, 0.15) is 30.6 Å². The molecule has 76 valence electrons. The summed E-state index contributed by atoms with van der Waals surface area (Å²) in [4.78, 5) is 11.5. The molecule has 1 aromatic carbocycles. The zero-order valence-corrected chi connectivity index (χ0v) is 8.58. The molecule has 0 aliphatic rings. The number of hydrogen-bond acceptors (Lipinski definition) is 2. The van der Waals surface area contributed by atoms with Gasteiger partial charge in [0.2, 0.25) is 0 Å². The lowest BCUT2D eigenvalue weighted by molar-refractivity contribution is 0.0926. The van der Waals surface area contributed by atoms with Crippen LogP contribution in [0.5, 0.6) is 0 Å².